The molecule has 0 spiro atoms. The normalized spacial score (nSPS) is 11.6. The summed E-state index contributed by atoms with van der Waals surface area (Å²) in [6, 6.07) is 19.2. The minimum atomic E-state index is -0.606. The summed E-state index contributed by atoms with van der Waals surface area (Å²) in [5, 5.41) is 22.3. The van der Waals surface area contributed by atoms with Crippen molar-refractivity contribution in [2.24, 2.45) is 0 Å². The van der Waals surface area contributed by atoms with Crippen LogP contribution in [0.4, 0.5) is 5.82 Å². The fraction of sp³-hybridized carbons (Fsp3) is 0.393. The van der Waals surface area contributed by atoms with E-state index in [0.717, 1.165) is 42.0 Å². The third-order valence-corrected chi connectivity index (χ3v) is 5.65. The molecule has 0 saturated carbocycles. The van der Waals surface area contributed by atoms with Crippen LogP contribution in [0.3, 0.4) is 0 Å². The van der Waals surface area contributed by atoms with Gasteiger partial charge in [0, 0.05) is 43.9 Å². The second-order valence-electron chi connectivity index (χ2n) is 8.51. The van der Waals surface area contributed by atoms with Gasteiger partial charge in [-0.1, -0.05) is 37.6 Å². The number of nitriles is 1. The molecule has 0 fully saturated rings. The summed E-state index contributed by atoms with van der Waals surface area (Å²) in [5.41, 5.74) is 2.97. The number of hydrogen-bond donors (Lipinski definition) is 2. The molecule has 0 aliphatic heterocycles. The number of aliphatic hydroxyl groups is 1. The summed E-state index contributed by atoms with van der Waals surface area (Å²) >= 11 is 0. The van der Waals surface area contributed by atoms with Crippen molar-refractivity contribution >= 4 is 5.82 Å². The average Bonchev–Trinajstić information content (AvgIpc) is 2.92. The third-order valence-electron chi connectivity index (χ3n) is 5.65. The van der Waals surface area contributed by atoms with Gasteiger partial charge in [-0.25, -0.2) is 9.97 Å². The lowest BCUT2D eigenvalue weighted by Crippen LogP contribution is -2.29. The first-order chi connectivity index (χ1) is 17.6. The van der Waals surface area contributed by atoms with Crippen LogP contribution >= 0.6 is 0 Å². The molecule has 8 nitrogen and oxygen atoms in total. The van der Waals surface area contributed by atoms with Gasteiger partial charge in [0.1, 0.15) is 24.3 Å². The summed E-state index contributed by atoms with van der Waals surface area (Å²) in [7, 11) is 3.48. The van der Waals surface area contributed by atoms with E-state index in [1.165, 1.54) is 0 Å². The first kappa shape index (κ1) is 27.1. The summed E-state index contributed by atoms with van der Waals surface area (Å²) in [6.07, 6.45) is 1.49. The Morgan fingerprint density at radius 3 is 2.64 bits per heavy atom. The van der Waals surface area contributed by atoms with Gasteiger partial charge in [-0.3, -0.25) is 0 Å². The number of methoxy groups -OCH3 is 1. The molecule has 0 bridgehead atoms. The first-order valence-electron chi connectivity index (χ1n) is 12.3. The molecule has 0 amide bonds. The Bertz CT molecular complexity index is 1140. The topological polar surface area (TPSA) is 104 Å². The Kier molecular flexibility index (Phi) is 10.6. The van der Waals surface area contributed by atoms with Crippen LogP contribution in [0.5, 0.6) is 5.75 Å². The predicted octanol–water partition coefficient (Wildman–Crippen LogP) is 3.89. The van der Waals surface area contributed by atoms with Gasteiger partial charge in [0.2, 0.25) is 0 Å². The molecule has 8 heteroatoms. The number of aliphatic hydroxyl groups excluding tert-OH is 1. The van der Waals surface area contributed by atoms with Crippen LogP contribution in [0.15, 0.2) is 54.6 Å². The highest BCUT2D eigenvalue weighted by molar-refractivity contribution is 5.69. The number of unbranched alkanes of at least 4 members (excludes halogenated alkanes) is 1. The van der Waals surface area contributed by atoms with Crippen molar-refractivity contribution in [3.63, 3.8) is 0 Å². The number of aromatic nitrogens is 2. The van der Waals surface area contributed by atoms with E-state index in [1.54, 1.807) is 20.2 Å². The Balaban J connectivity index is 2.03. The highest BCUT2D eigenvalue weighted by atomic mass is 16.5. The molecular formula is C28H35N5O3. The standard InChI is InChI=1S/C28H35N5O3/c1-4-5-12-33(13-14-35-3)27-17-26(22-9-6-8-21(15-22)18-29)31-28(32-27)23-10-7-11-25(16-23)36-20-24(34)19-30-2/h6-11,15-17,24,30,34H,4-5,12-14,19-20H2,1-3H3. The van der Waals surface area contributed by atoms with Gasteiger partial charge in [0.05, 0.1) is 23.9 Å². The number of hydrogen-bond acceptors (Lipinski definition) is 8. The largest absolute Gasteiger partial charge is 0.491 e. The van der Waals surface area contributed by atoms with E-state index < -0.39 is 6.10 Å². The maximum Gasteiger partial charge on any atom is 0.162 e. The van der Waals surface area contributed by atoms with Gasteiger partial charge < -0.3 is 24.8 Å². The average molecular weight is 490 g/mol. The molecule has 3 aromatic rings. The van der Waals surface area contributed by atoms with Gasteiger partial charge in [-0.05, 0) is 37.7 Å². The van der Waals surface area contributed by atoms with Crippen molar-refractivity contribution in [1.29, 1.82) is 5.26 Å². The molecule has 0 saturated heterocycles. The highest BCUT2D eigenvalue weighted by Crippen LogP contribution is 2.28. The van der Waals surface area contributed by atoms with Crippen molar-refractivity contribution in [1.82, 2.24) is 15.3 Å². The van der Waals surface area contributed by atoms with E-state index in [0.29, 0.717) is 36.8 Å². The monoisotopic (exact) mass is 489 g/mol. The fourth-order valence-electron chi connectivity index (χ4n) is 3.72. The Hall–Kier alpha value is -3.51. The smallest absolute Gasteiger partial charge is 0.162 e. The van der Waals surface area contributed by atoms with Crippen molar-refractivity contribution in [3.05, 3.63) is 60.2 Å². The number of benzene rings is 2. The third kappa shape index (κ3) is 7.75. The van der Waals surface area contributed by atoms with E-state index in [1.807, 2.05) is 48.5 Å². The molecule has 1 heterocycles. The summed E-state index contributed by atoms with van der Waals surface area (Å²) in [6.45, 7) is 4.93. The molecule has 3 rings (SSSR count). The number of nitrogens with one attached hydrogen (secondary N) is 1. The molecule has 0 aliphatic carbocycles. The molecule has 1 unspecified atom stereocenters. The molecular weight excluding hydrogens is 454 g/mol. The van der Waals surface area contributed by atoms with Crippen molar-refractivity contribution < 1.29 is 14.6 Å². The Morgan fingerprint density at radius 1 is 1.08 bits per heavy atom. The van der Waals surface area contributed by atoms with Crippen LogP contribution in [-0.2, 0) is 4.74 Å². The van der Waals surface area contributed by atoms with Crippen molar-refractivity contribution in [3.8, 4) is 34.5 Å². The molecule has 1 aromatic heterocycles. The van der Waals surface area contributed by atoms with E-state index >= 15 is 0 Å². The Morgan fingerprint density at radius 2 is 1.89 bits per heavy atom. The van der Waals surface area contributed by atoms with E-state index in [2.05, 4.69) is 23.2 Å². The van der Waals surface area contributed by atoms with Gasteiger partial charge in [-0.2, -0.15) is 5.26 Å². The minimum absolute atomic E-state index is 0.180. The molecule has 36 heavy (non-hydrogen) atoms. The second-order valence-corrected chi connectivity index (χ2v) is 8.51. The van der Waals surface area contributed by atoms with Gasteiger partial charge in [0.15, 0.2) is 5.82 Å². The van der Waals surface area contributed by atoms with E-state index in [-0.39, 0.29) is 6.61 Å². The summed E-state index contributed by atoms with van der Waals surface area (Å²) in [5.74, 6) is 2.00. The molecule has 0 radical (unpaired) electrons. The van der Waals surface area contributed by atoms with Crippen LogP contribution in [-0.4, -0.2) is 68.2 Å². The van der Waals surface area contributed by atoms with Crippen LogP contribution in [0.1, 0.15) is 25.3 Å². The highest BCUT2D eigenvalue weighted by Gasteiger charge is 2.15. The van der Waals surface area contributed by atoms with Gasteiger partial charge in [-0.15, -0.1) is 0 Å². The maximum atomic E-state index is 9.99. The minimum Gasteiger partial charge on any atom is -0.491 e. The summed E-state index contributed by atoms with van der Waals surface area (Å²) in [4.78, 5) is 12.0. The number of nitrogens with zero attached hydrogens (tertiary/aromatic N) is 4. The van der Waals surface area contributed by atoms with Crippen molar-refractivity contribution in [2.75, 3.05) is 51.9 Å². The molecule has 2 aromatic carbocycles. The number of rotatable bonds is 14. The van der Waals surface area contributed by atoms with Crippen LogP contribution in [0, 0.1) is 11.3 Å². The zero-order valence-electron chi connectivity index (χ0n) is 21.3. The Labute approximate surface area is 213 Å². The predicted molar refractivity (Wildman–Crippen MR) is 142 cm³/mol. The fourth-order valence-corrected chi connectivity index (χ4v) is 3.72. The van der Waals surface area contributed by atoms with E-state index in [4.69, 9.17) is 19.4 Å². The zero-order valence-corrected chi connectivity index (χ0v) is 21.3. The van der Waals surface area contributed by atoms with Gasteiger partial charge in [0.25, 0.3) is 0 Å². The van der Waals surface area contributed by atoms with Crippen LogP contribution in [0.25, 0.3) is 22.6 Å². The van der Waals surface area contributed by atoms with Crippen LogP contribution < -0.4 is 15.0 Å². The van der Waals surface area contributed by atoms with Crippen molar-refractivity contribution in [2.45, 2.75) is 25.9 Å². The number of ether oxygens (including phenoxy) is 2. The second kappa shape index (κ2) is 14.1. The van der Waals surface area contributed by atoms with E-state index in [9.17, 15) is 10.4 Å². The first-order valence-corrected chi connectivity index (χ1v) is 12.3. The molecule has 2 N–H and O–H groups in total. The van der Waals surface area contributed by atoms with Crippen LogP contribution in [0.2, 0.25) is 0 Å². The molecule has 0 aliphatic rings. The molecule has 1 atom stereocenters. The number of anilines is 1. The lowest BCUT2D eigenvalue weighted by atomic mass is 10.1. The molecule has 190 valence electrons. The quantitative estimate of drug-likeness (QED) is 0.352. The SMILES string of the molecule is CCCCN(CCOC)c1cc(-c2cccc(C#N)c2)nc(-c2cccc(OCC(O)CNC)c2)n1. The lowest BCUT2D eigenvalue weighted by molar-refractivity contribution is 0.108. The lowest BCUT2D eigenvalue weighted by Gasteiger charge is -2.24. The maximum absolute atomic E-state index is 9.99. The van der Waals surface area contributed by atoms with Gasteiger partial charge >= 0.3 is 0 Å². The number of likely N-dealkylation sites (N-methyl/N-ethyl adjacent to an activating group) is 1. The zero-order chi connectivity index (χ0) is 25.8. The summed E-state index contributed by atoms with van der Waals surface area (Å²) < 4.78 is 11.2.